The molecule has 20 heavy (non-hydrogen) atoms. The van der Waals surface area contributed by atoms with Crippen LogP contribution in [0.15, 0.2) is 16.7 Å². The molecule has 1 unspecified atom stereocenters. The van der Waals surface area contributed by atoms with Gasteiger partial charge in [-0.15, -0.1) is 0 Å². The van der Waals surface area contributed by atoms with Gasteiger partial charge >= 0.3 is 0 Å². The Balaban J connectivity index is 1.53. The summed E-state index contributed by atoms with van der Waals surface area (Å²) in [6, 6.07) is 3.58. The Kier molecular flexibility index (Phi) is 4.44. The fourth-order valence-corrected chi connectivity index (χ4v) is 3.01. The lowest BCUT2D eigenvalue weighted by Gasteiger charge is -2.26. The molecule has 1 saturated heterocycles. The van der Waals surface area contributed by atoms with E-state index in [1.165, 1.54) is 37.9 Å². The predicted molar refractivity (Wildman–Crippen MR) is 80.6 cm³/mol. The molecule has 4 nitrogen and oxygen atoms in total. The van der Waals surface area contributed by atoms with E-state index >= 15 is 0 Å². The molecular formula is C16H27N3O. The molecule has 1 saturated carbocycles. The minimum Gasteiger partial charge on any atom is -0.468 e. The fourth-order valence-electron chi connectivity index (χ4n) is 3.01. The summed E-state index contributed by atoms with van der Waals surface area (Å²) in [5.74, 6) is 1.11. The summed E-state index contributed by atoms with van der Waals surface area (Å²) in [5, 5.41) is 3.53. The Morgan fingerprint density at radius 2 is 2.20 bits per heavy atom. The largest absolute Gasteiger partial charge is 0.468 e. The van der Waals surface area contributed by atoms with Crippen molar-refractivity contribution in [1.82, 2.24) is 15.1 Å². The van der Waals surface area contributed by atoms with E-state index < -0.39 is 0 Å². The Hall–Kier alpha value is -0.840. The van der Waals surface area contributed by atoms with Crippen LogP contribution in [0.3, 0.4) is 0 Å². The van der Waals surface area contributed by atoms with Gasteiger partial charge in [0.2, 0.25) is 0 Å². The molecule has 0 bridgehead atoms. The van der Waals surface area contributed by atoms with Crippen molar-refractivity contribution >= 4 is 0 Å². The molecule has 2 heterocycles. The lowest BCUT2D eigenvalue weighted by Crippen LogP contribution is -2.37. The van der Waals surface area contributed by atoms with Crippen LogP contribution in [-0.2, 0) is 13.1 Å². The minimum atomic E-state index is 0.598. The number of likely N-dealkylation sites (N-methyl/N-ethyl adjacent to an activating group) is 1. The number of furan rings is 1. The smallest absolute Gasteiger partial charge is 0.118 e. The van der Waals surface area contributed by atoms with Crippen LogP contribution in [0.4, 0.5) is 0 Å². The molecule has 1 aromatic heterocycles. The minimum absolute atomic E-state index is 0.598. The van der Waals surface area contributed by atoms with Crippen molar-refractivity contribution in [1.29, 1.82) is 0 Å². The van der Waals surface area contributed by atoms with Crippen LogP contribution in [0.1, 0.15) is 37.5 Å². The average Bonchev–Trinajstić information content (AvgIpc) is 3.16. The van der Waals surface area contributed by atoms with Gasteiger partial charge in [0.05, 0.1) is 12.8 Å². The first-order valence-corrected chi connectivity index (χ1v) is 7.93. The standard InChI is InChI=1S/C16H27N3O/c1-13-10-18(2)6-3-7-19(13)11-16-8-14(12-20-16)9-17-15-4-5-15/h8,12-13,15,17H,3-7,9-11H2,1-2H3. The predicted octanol–water partition coefficient (Wildman–Crippen LogP) is 2.06. The second-order valence-electron chi connectivity index (χ2n) is 6.51. The molecule has 2 aliphatic rings. The lowest BCUT2D eigenvalue weighted by molar-refractivity contribution is 0.181. The zero-order chi connectivity index (χ0) is 13.9. The lowest BCUT2D eigenvalue weighted by atomic mass is 10.2. The van der Waals surface area contributed by atoms with Gasteiger partial charge in [0.1, 0.15) is 5.76 Å². The Labute approximate surface area is 122 Å². The highest BCUT2D eigenvalue weighted by atomic mass is 16.3. The molecule has 1 N–H and O–H groups in total. The molecule has 2 fully saturated rings. The van der Waals surface area contributed by atoms with E-state index in [-0.39, 0.29) is 0 Å². The maximum absolute atomic E-state index is 5.74. The first-order chi connectivity index (χ1) is 9.70. The van der Waals surface area contributed by atoms with Crippen molar-refractivity contribution < 1.29 is 4.42 Å². The van der Waals surface area contributed by atoms with Crippen LogP contribution < -0.4 is 5.32 Å². The SMILES string of the molecule is CC1CN(C)CCCN1Cc1cc(CNC2CC2)co1. The average molecular weight is 277 g/mol. The third kappa shape index (κ3) is 3.84. The van der Waals surface area contributed by atoms with Gasteiger partial charge in [-0.3, -0.25) is 4.90 Å². The molecule has 1 atom stereocenters. The number of hydrogen-bond acceptors (Lipinski definition) is 4. The second-order valence-corrected chi connectivity index (χ2v) is 6.51. The van der Waals surface area contributed by atoms with Crippen LogP contribution in [0.25, 0.3) is 0 Å². The zero-order valence-corrected chi connectivity index (χ0v) is 12.8. The number of rotatable bonds is 5. The molecule has 0 spiro atoms. The summed E-state index contributed by atoms with van der Waals surface area (Å²) in [4.78, 5) is 4.97. The molecule has 3 rings (SSSR count). The van der Waals surface area contributed by atoms with Crippen molar-refractivity contribution in [3.63, 3.8) is 0 Å². The van der Waals surface area contributed by atoms with Gasteiger partial charge in [-0.25, -0.2) is 0 Å². The quantitative estimate of drug-likeness (QED) is 0.893. The number of nitrogens with one attached hydrogen (secondary N) is 1. The maximum atomic E-state index is 5.74. The number of nitrogens with zero attached hydrogens (tertiary/aromatic N) is 2. The van der Waals surface area contributed by atoms with Crippen LogP contribution in [0, 0.1) is 0 Å². The molecule has 112 valence electrons. The van der Waals surface area contributed by atoms with Gasteiger partial charge in [-0.05, 0) is 45.8 Å². The summed E-state index contributed by atoms with van der Waals surface area (Å²) in [7, 11) is 2.22. The number of hydrogen-bond donors (Lipinski definition) is 1. The third-order valence-electron chi connectivity index (χ3n) is 4.42. The van der Waals surface area contributed by atoms with Gasteiger partial charge in [0.15, 0.2) is 0 Å². The van der Waals surface area contributed by atoms with E-state index in [4.69, 9.17) is 4.42 Å². The Morgan fingerprint density at radius 3 is 3.00 bits per heavy atom. The molecule has 1 aliphatic heterocycles. The van der Waals surface area contributed by atoms with Crippen molar-refractivity contribution in [2.75, 3.05) is 26.7 Å². The monoisotopic (exact) mass is 277 g/mol. The maximum Gasteiger partial charge on any atom is 0.118 e. The van der Waals surface area contributed by atoms with Crippen LogP contribution >= 0.6 is 0 Å². The summed E-state index contributed by atoms with van der Waals surface area (Å²) in [6.45, 7) is 7.74. The summed E-state index contributed by atoms with van der Waals surface area (Å²) in [5.41, 5.74) is 1.28. The van der Waals surface area contributed by atoms with E-state index in [9.17, 15) is 0 Å². The molecular weight excluding hydrogens is 250 g/mol. The van der Waals surface area contributed by atoms with E-state index in [1.807, 2.05) is 6.26 Å². The van der Waals surface area contributed by atoms with Gasteiger partial charge in [0, 0.05) is 37.3 Å². The Bertz CT molecular complexity index is 427. The van der Waals surface area contributed by atoms with Gasteiger partial charge < -0.3 is 14.6 Å². The van der Waals surface area contributed by atoms with E-state index in [0.717, 1.165) is 31.4 Å². The van der Waals surface area contributed by atoms with Crippen molar-refractivity contribution in [2.45, 2.75) is 51.4 Å². The summed E-state index contributed by atoms with van der Waals surface area (Å²) >= 11 is 0. The zero-order valence-electron chi connectivity index (χ0n) is 12.8. The topological polar surface area (TPSA) is 31.6 Å². The highest BCUT2D eigenvalue weighted by Gasteiger charge is 2.22. The molecule has 1 aromatic rings. The molecule has 1 aliphatic carbocycles. The van der Waals surface area contributed by atoms with Crippen LogP contribution in [-0.4, -0.2) is 48.6 Å². The van der Waals surface area contributed by atoms with Crippen LogP contribution in [0.2, 0.25) is 0 Å². The van der Waals surface area contributed by atoms with E-state index in [1.54, 1.807) is 0 Å². The van der Waals surface area contributed by atoms with Gasteiger partial charge in [-0.1, -0.05) is 0 Å². The molecule has 0 amide bonds. The molecule has 4 heteroatoms. The third-order valence-corrected chi connectivity index (χ3v) is 4.42. The van der Waals surface area contributed by atoms with Crippen molar-refractivity contribution in [2.24, 2.45) is 0 Å². The van der Waals surface area contributed by atoms with Crippen molar-refractivity contribution in [3.05, 3.63) is 23.7 Å². The highest BCUT2D eigenvalue weighted by molar-refractivity contribution is 5.13. The normalized spacial score (nSPS) is 25.8. The summed E-state index contributed by atoms with van der Waals surface area (Å²) in [6.07, 6.45) is 5.84. The van der Waals surface area contributed by atoms with Gasteiger partial charge in [-0.2, -0.15) is 0 Å². The highest BCUT2D eigenvalue weighted by Crippen LogP contribution is 2.20. The second kappa shape index (κ2) is 6.29. The fraction of sp³-hybridized carbons (Fsp3) is 0.750. The van der Waals surface area contributed by atoms with Crippen molar-refractivity contribution in [3.8, 4) is 0 Å². The van der Waals surface area contributed by atoms with Crippen LogP contribution in [0.5, 0.6) is 0 Å². The first kappa shape index (κ1) is 14.1. The molecule has 0 aromatic carbocycles. The summed E-state index contributed by atoms with van der Waals surface area (Å²) < 4.78 is 5.74. The van der Waals surface area contributed by atoms with E-state index in [2.05, 4.69) is 35.2 Å². The first-order valence-electron chi connectivity index (χ1n) is 7.93. The Morgan fingerprint density at radius 1 is 1.35 bits per heavy atom. The van der Waals surface area contributed by atoms with E-state index in [0.29, 0.717) is 6.04 Å². The van der Waals surface area contributed by atoms with Gasteiger partial charge in [0.25, 0.3) is 0 Å². The molecule has 0 radical (unpaired) electrons.